The number of para-hydroxylation sites is 2. The van der Waals surface area contributed by atoms with Crippen LogP contribution < -0.4 is 0 Å². The Morgan fingerprint density at radius 1 is 0.278 bits per heavy atom. The maximum Gasteiger partial charge on any atom is 0.164 e. The molecule has 7 heterocycles. The van der Waals surface area contributed by atoms with Gasteiger partial charge in [0.15, 0.2) is 34.9 Å². The summed E-state index contributed by atoms with van der Waals surface area (Å²) in [5.74, 6) is 3.95. The molecule has 0 spiro atoms. The van der Waals surface area contributed by atoms with Gasteiger partial charge in [0.1, 0.15) is 0 Å². The molecule has 0 aliphatic carbocycles. The third kappa shape index (κ3) is 8.60. The largest absolute Gasteiger partial charge is 0.308 e. The Kier molecular flexibility index (Phi) is 12.3. The van der Waals surface area contributed by atoms with Crippen LogP contribution in [0.25, 0.3) is 164 Å². The first-order valence-electron chi connectivity index (χ1n) is 29.9. The molecule has 12 aromatic carbocycles. The minimum absolute atomic E-state index is 0.628. The molecule has 18 aromatic rings. The highest BCUT2D eigenvalue weighted by atomic mass is 79.9. The lowest BCUT2D eigenvalue weighted by molar-refractivity contribution is 1.04. The van der Waals surface area contributed by atoms with Crippen LogP contribution >= 0.6 is 38.6 Å². The van der Waals surface area contributed by atoms with Crippen LogP contribution in [-0.4, -0.2) is 39.0 Å². The van der Waals surface area contributed by atoms with E-state index >= 15 is 0 Å². The lowest BCUT2D eigenvalue weighted by Gasteiger charge is -2.22. The van der Waals surface area contributed by atoms with Crippen LogP contribution in [-0.2, 0) is 6.42 Å². The molecule has 11 heteroatoms. The number of hydrogen-bond donors (Lipinski definition) is 0. The van der Waals surface area contributed by atoms with E-state index in [0.717, 1.165) is 50.0 Å². The fourth-order valence-corrected chi connectivity index (χ4v) is 16.1. The maximum absolute atomic E-state index is 5.01. The Balaban J connectivity index is 0.000000134. The summed E-state index contributed by atoms with van der Waals surface area (Å²) in [5, 5.41) is 10.3. The molecule has 0 saturated carbocycles. The normalized spacial score (nSPS) is 12.0. The van der Waals surface area contributed by atoms with Gasteiger partial charge in [-0.05, 0) is 93.8 Å². The monoisotopic (exact) mass is 1250 g/mol. The smallest absolute Gasteiger partial charge is 0.164 e. The van der Waals surface area contributed by atoms with E-state index in [1.54, 1.807) is 0 Å². The Morgan fingerprint density at radius 3 is 1.19 bits per heavy atom. The third-order valence-corrected chi connectivity index (χ3v) is 20.3. The van der Waals surface area contributed by atoms with Gasteiger partial charge in [-0.2, -0.15) is 0 Å². The quantitative estimate of drug-likeness (QED) is 0.158. The molecule has 0 bridgehead atoms. The minimum atomic E-state index is 0.628. The summed E-state index contributed by atoms with van der Waals surface area (Å²) < 4.78 is 11.1. The molecule has 6 aromatic heterocycles. The standard InChI is InChI=1S/C40H24N4S.C39H23BrN4S/c1-3-10-24(11-4-1)38-41-39(25-12-5-2-6-13-25)43-40(42-38)27-18-20-32-28(23-27)22-26-14-9-16-29-30-19-21-34-35(37(30)44(32)36(26)29)31-15-7-8-17-33(31)45-34;40-30-23-26(39-42-37(24-11-3-1-4-12-24)41-38(43-39)25-13-5-2-6-14-25)19-21-32(30)44-31-17-9-7-15-27(31)28-20-22-34-35(36(28)44)29-16-8-10-18-33(29)45-34/h1-21,23H,22H2;1-23H. The molecule has 0 N–H and O–H groups in total. The van der Waals surface area contributed by atoms with Crippen molar-refractivity contribution in [1.29, 1.82) is 0 Å². The van der Waals surface area contributed by atoms with E-state index in [9.17, 15) is 0 Å². The molecule has 1 aliphatic heterocycles. The number of fused-ring (bicyclic) bond motifs is 16. The summed E-state index contributed by atoms with van der Waals surface area (Å²) in [4.78, 5) is 29.7. The van der Waals surface area contributed by atoms with E-state index in [4.69, 9.17) is 29.9 Å². The van der Waals surface area contributed by atoms with Gasteiger partial charge in [0, 0.05) is 112 Å². The molecule has 19 rings (SSSR count). The zero-order valence-corrected chi connectivity index (χ0v) is 51.2. The number of nitrogens with zero attached hydrogens (tertiary/aromatic N) is 8. The zero-order chi connectivity index (χ0) is 59.4. The second-order valence-corrected chi connectivity index (χ2v) is 25.7. The summed E-state index contributed by atoms with van der Waals surface area (Å²) in [7, 11) is 0. The van der Waals surface area contributed by atoms with Crippen molar-refractivity contribution in [2.75, 3.05) is 0 Å². The summed E-state index contributed by atoms with van der Waals surface area (Å²) in [6.07, 6.45) is 0.854. The van der Waals surface area contributed by atoms with Crippen molar-refractivity contribution in [1.82, 2.24) is 39.0 Å². The molecule has 8 nitrogen and oxygen atoms in total. The molecule has 0 unspecified atom stereocenters. The Bertz CT molecular complexity index is 5780. The van der Waals surface area contributed by atoms with Crippen LogP contribution in [0.5, 0.6) is 0 Å². The highest BCUT2D eigenvalue weighted by molar-refractivity contribution is 9.10. The third-order valence-electron chi connectivity index (χ3n) is 17.4. The van der Waals surface area contributed by atoms with Crippen molar-refractivity contribution in [2.24, 2.45) is 0 Å². The maximum atomic E-state index is 5.01. The van der Waals surface area contributed by atoms with E-state index in [2.05, 4.69) is 201 Å². The molecule has 0 atom stereocenters. The van der Waals surface area contributed by atoms with Crippen molar-refractivity contribution in [3.8, 4) is 79.7 Å². The molecule has 0 saturated heterocycles. The average molecular weight is 1250 g/mol. The fraction of sp³-hybridized carbons (Fsp3) is 0.0127. The first-order chi connectivity index (χ1) is 44.5. The van der Waals surface area contributed by atoms with E-state index in [0.29, 0.717) is 34.9 Å². The van der Waals surface area contributed by atoms with Crippen molar-refractivity contribution in [3.05, 3.63) is 289 Å². The summed E-state index contributed by atoms with van der Waals surface area (Å²) in [5.41, 5.74) is 15.6. The van der Waals surface area contributed by atoms with Crippen LogP contribution in [0.15, 0.2) is 277 Å². The Morgan fingerprint density at radius 2 is 0.678 bits per heavy atom. The number of halogens is 1. The second-order valence-electron chi connectivity index (χ2n) is 22.6. The number of rotatable bonds is 7. The summed E-state index contributed by atoms with van der Waals surface area (Å²) in [6.45, 7) is 0. The highest BCUT2D eigenvalue weighted by Gasteiger charge is 2.27. The summed E-state index contributed by atoms with van der Waals surface area (Å²) in [6, 6.07) is 95.7. The van der Waals surface area contributed by atoms with Gasteiger partial charge >= 0.3 is 0 Å². The molecule has 1 aliphatic rings. The number of thiophene rings is 2. The van der Waals surface area contributed by atoms with E-state index in [1.807, 2.05) is 120 Å². The first-order valence-corrected chi connectivity index (χ1v) is 32.3. The lowest BCUT2D eigenvalue weighted by atomic mass is 9.95. The van der Waals surface area contributed by atoms with E-state index in [1.165, 1.54) is 101 Å². The average Bonchev–Trinajstić information content (AvgIpc) is 1.55. The Labute approximate surface area is 532 Å². The van der Waals surface area contributed by atoms with Gasteiger partial charge in [-0.1, -0.05) is 206 Å². The van der Waals surface area contributed by atoms with Gasteiger partial charge in [-0.15, -0.1) is 22.7 Å². The van der Waals surface area contributed by atoms with Gasteiger partial charge in [0.05, 0.1) is 27.8 Å². The van der Waals surface area contributed by atoms with Crippen LogP contribution in [0.4, 0.5) is 0 Å². The topological polar surface area (TPSA) is 87.2 Å². The minimum Gasteiger partial charge on any atom is -0.308 e. The number of hydrogen-bond acceptors (Lipinski definition) is 8. The molecular weight excluding hydrogens is 1200 g/mol. The van der Waals surface area contributed by atoms with Gasteiger partial charge in [-0.25, -0.2) is 29.9 Å². The van der Waals surface area contributed by atoms with Gasteiger partial charge in [-0.3, -0.25) is 0 Å². The second kappa shape index (κ2) is 21.2. The molecule has 0 radical (unpaired) electrons. The van der Waals surface area contributed by atoms with Gasteiger partial charge in [0.2, 0.25) is 0 Å². The van der Waals surface area contributed by atoms with Crippen LogP contribution in [0.2, 0.25) is 0 Å². The lowest BCUT2D eigenvalue weighted by Crippen LogP contribution is -2.08. The number of aromatic nitrogens is 8. The highest BCUT2D eigenvalue weighted by Crippen LogP contribution is 2.48. The predicted molar refractivity (Wildman–Crippen MR) is 377 cm³/mol. The Hall–Kier alpha value is -10.8. The van der Waals surface area contributed by atoms with Crippen LogP contribution in [0.1, 0.15) is 11.1 Å². The molecule has 90 heavy (non-hydrogen) atoms. The van der Waals surface area contributed by atoms with E-state index < -0.39 is 0 Å². The van der Waals surface area contributed by atoms with Crippen LogP contribution in [0, 0.1) is 0 Å². The van der Waals surface area contributed by atoms with Crippen molar-refractivity contribution in [3.63, 3.8) is 0 Å². The van der Waals surface area contributed by atoms with Gasteiger partial charge in [0.25, 0.3) is 0 Å². The van der Waals surface area contributed by atoms with Crippen molar-refractivity contribution in [2.45, 2.75) is 6.42 Å². The fourth-order valence-electron chi connectivity index (χ4n) is 13.3. The zero-order valence-electron chi connectivity index (χ0n) is 48.0. The SMILES string of the molecule is Brc1cc(-c2nc(-c3ccccc3)nc(-c3ccccc3)n2)ccc1-n1c2ccccc2c2ccc3sc4ccccc4c3c21.c1ccc(-c2nc(-c3ccccc3)nc(-c3ccc4c(c3)Cc3cccc5c6ccc7sc8ccccc8c7c6n-4c35)n2)cc1. The van der Waals surface area contributed by atoms with Crippen LogP contribution in [0.3, 0.4) is 0 Å². The van der Waals surface area contributed by atoms with Crippen molar-refractivity contribution >= 4 is 123 Å². The van der Waals surface area contributed by atoms with Crippen molar-refractivity contribution < 1.29 is 0 Å². The first kappa shape index (κ1) is 52.3. The molecule has 0 amide bonds. The van der Waals surface area contributed by atoms with Gasteiger partial charge < -0.3 is 9.13 Å². The van der Waals surface area contributed by atoms with E-state index in [-0.39, 0.29) is 0 Å². The molecular formula is C79H47BrN8S2. The molecule has 422 valence electrons. The predicted octanol–water partition coefficient (Wildman–Crippen LogP) is 21.3. The summed E-state index contributed by atoms with van der Waals surface area (Å²) >= 11 is 7.70. The number of benzene rings is 12. The molecule has 0 fully saturated rings.